The molecule has 13 heteroatoms. The number of carbonyl (C=O) groups is 1. The number of rotatable bonds is 7. The molecule has 0 amide bonds. The van der Waals surface area contributed by atoms with Crippen molar-refractivity contribution in [3.8, 4) is 22.9 Å². The Morgan fingerprint density at radius 2 is 1.82 bits per heavy atom. The van der Waals surface area contributed by atoms with Crippen LogP contribution in [0.2, 0.25) is 5.02 Å². The van der Waals surface area contributed by atoms with Gasteiger partial charge in [-0.3, -0.25) is 0 Å². The number of esters is 1. The molecule has 3 aromatic rings. The van der Waals surface area contributed by atoms with Crippen LogP contribution in [0.1, 0.15) is 19.3 Å². The molecule has 3 rings (SSSR count). The van der Waals surface area contributed by atoms with Gasteiger partial charge in [-0.1, -0.05) is 11.6 Å². The van der Waals surface area contributed by atoms with Gasteiger partial charge in [-0.25, -0.2) is 22.9 Å². The number of ether oxygens (including phenoxy) is 3. The summed E-state index contributed by atoms with van der Waals surface area (Å²) in [6.07, 6.45) is -0.995. The maximum absolute atomic E-state index is 14.5. The van der Waals surface area contributed by atoms with E-state index in [0.29, 0.717) is 4.68 Å². The number of hydrogen-bond donors (Lipinski definition) is 0. The maximum atomic E-state index is 14.5. The summed E-state index contributed by atoms with van der Waals surface area (Å²) in [7, 11) is 1.17. The third-order valence-electron chi connectivity index (χ3n) is 4.37. The molecule has 176 valence electrons. The molecule has 2 aromatic carbocycles. The second-order valence-electron chi connectivity index (χ2n) is 6.60. The van der Waals surface area contributed by atoms with Crippen LogP contribution in [-0.2, 0) is 9.53 Å². The van der Waals surface area contributed by atoms with E-state index in [-0.39, 0.29) is 32.7 Å². The predicted molar refractivity (Wildman–Crippen MR) is 107 cm³/mol. The van der Waals surface area contributed by atoms with Crippen molar-refractivity contribution in [2.75, 3.05) is 7.11 Å². The van der Waals surface area contributed by atoms with E-state index in [1.807, 2.05) is 0 Å². The van der Waals surface area contributed by atoms with Crippen molar-refractivity contribution in [1.82, 2.24) is 14.3 Å². The molecule has 8 nitrogen and oxygen atoms in total. The number of methoxy groups -OCH3 is 1. The second kappa shape index (κ2) is 9.53. The van der Waals surface area contributed by atoms with Gasteiger partial charge in [0.1, 0.15) is 23.0 Å². The summed E-state index contributed by atoms with van der Waals surface area (Å²) in [6.45, 7) is -0.628. The van der Waals surface area contributed by atoms with Gasteiger partial charge in [-0.05, 0) is 32.0 Å². The summed E-state index contributed by atoms with van der Waals surface area (Å²) in [5, 5.41) is 3.35. The average molecular weight is 490 g/mol. The summed E-state index contributed by atoms with van der Waals surface area (Å²) in [5.74, 6) is -3.61. The predicted octanol–water partition coefficient (Wildman–Crippen LogP) is 4.40. The van der Waals surface area contributed by atoms with Crippen LogP contribution in [-0.4, -0.2) is 33.5 Å². The van der Waals surface area contributed by atoms with Crippen LogP contribution >= 0.6 is 11.6 Å². The van der Waals surface area contributed by atoms with E-state index in [9.17, 15) is 27.2 Å². The molecule has 0 saturated carbocycles. The van der Waals surface area contributed by atoms with Crippen molar-refractivity contribution >= 4 is 17.6 Å². The lowest BCUT2D eigenvalue weighted by molar-refractivity contribution is -0.147. The first-order chi connectivity index (χ1) is 15.5. The first kappa shape index (κ1) is 24.1. The van der Waals surface area contributed by atoms with Gasteiger partial charge >= 0.3 is 18.2 Å². The Morgan fingerprint density at radius 1 is 1.12 bits per heavy atom. The highest BCUT2D eigenvalue weighted by molar-refractivity contribution is 6.32. The van der Waals surface area contributed by atoms with Crippen LogP contribution in [0.25, 0.3) is 5.69 Å². The highest BCUT2D eigenvalue weighted by Crippen LogP contribution is 2.35. The first-order valence-electron chi connectivity index (χ1n) is 9.21. The summed E-state index contributed by atoms with van der Waals surface area (Å²) in [5.41, 5.74) is -1.82. The fourth-order valence-corrected chi connectivity index (χ4v) is 2.98. The van der Waals surface area contributed by atoms with E-state index in [2.05, 4.69) is 9.84 Å². The quantitative estimate of drug-likeness (QED) is 0.361. The second-order valence-corrected chi connectivity index (χ2v) is 7.01. The van der Waals surface area contributed by atoms with E-state index in [1.54, 1.807) is 0 Å². The Bertz CT molecular complexity index is 1260. The van der Waals surface area contributed by atoms with E-state index < -0.39 is 41.6 Å². The molecule has 0 bridgehead atoms. The number of aryl methyl sites for hydroxylation is 1. The van der Waals surface area contributed by atoms with E-state index in [1.165, 1.54) is 20.1 Å². The number of nitrogens with zero attached hydrogens (tertiary/aromatic N) is 3. The molecular weight excluding hydrogens is 474 g/mol. The third-order valence-corrected chi connectivity index (χ3v) is 4.67. The molecule has 0 saturated heterocycles. The van der Waals surface area contributed by atoms with E-state index >= 15 is 0 Å². The van der Waals surface area contributed by atoms with Crippen LogP contribution in [0.15, 0.2) is 35.1 Å². The van der Waals surface area contributed by atoms with Crippen molar-refractivity contribution in [3.05, 3.63) is 63.3 Å². The SMILES string of the molecule is COC(=O)C(C)Oc1ccc(Oc2cc(-n3nc(C)n(C(F)F)c3=O)c(F)cc2Cl)c(F)c1. The molecule has 1 heterocycles. The van der Waals surface area contributed by atoms with Gasteiger partial charge in [0.2, 0.25) is 0 Å². The summed E-state index contributed by atoms with van der Waals surface area (Å²) >= 11 is 5.97. The fraction of sp³-hybridized carbons (Fsp3) is 0.250. The normalized spacial score (nSPS) is 12.0. The minimum atomic E-state index is -3.19. The highest BCUT2D eigenvalue weighted by atomic mass is 35.5. The summed E-state index contributed by atoms with van der Waals surface area (Å²) in [6, 6.07) is 5.09. The highest BCUT2D eigenvalue weighted by Gasteiger charge is 2.22. The molecule has 1 aromatic heterocycles. The molecule has 1 atom stereocenters. The Balaban J connectivity index is 1.94. The zero-order valence-corrected chi connectivity index (χ0v) is 18.1. The number of carbonyl (C=O) groups excluding carboxylic acids is 1. The Hall–Kier alpha value is -3.54. The minimum absolute atomic E-state index is 0.00297. The third kappa shape index (κ3) is 4.95. The molecule has 0 aliphatic rings. The van der Waals surface area contributed by atoms with Crippen LogP contribution in [0, 0.1) is 18.6 Å². The van der Waals surface area contributed by atoms with Crippen molar-refractivity contribution in [3.63, 3.8) is 0 Å². The van der Waals surface area contributed by atoms with Gasteiger partial charge in [0, 0.05) is 12.1 Å². The van der Waals surface area contributed by atoms with Gasteiger partial charge in [-0.2, -0.15) is 13.5 Å². The molecule has 33 heavy (non-hydrogen) atoms. The first-order valence-corrected chi connectivity index (χ1v) is 9.59. The maximum Gasteiger partial charge on any atom is 0.355 e. The number of hydrogen-bond acceptors (Lipinski definition) is 6. The molecule has 0 spiro atoms. The summed E-state index contributed by atoms with van der Waals surface area (Å²) < 4.78 is 70.8. The molecular formula is C20H16ClF4N3O5. The van der Waals surface area contributed by atoms with Gasteiger partial charge in [-0.15, -0.1) is 5.10 Å². The van der Waals surface area contributed by atoms with Crippen LogP contribution in [0.3, 0.4) is 0 Å². The monoisotopic (exact) mass is 489 g/mol. The van der Waals surface area contributed by atoms with Crippen LogP contribution < -0.4 is 15.2 Å². The Morgan fingerprint density at radius 3 is 2.39 bits per heavy atom. The molecule has 0 aliphatic heterocycles. The zero-order chi connectivity index (χ0) is 24.4. The minimum Gasteiger partial charge on any atom is -0.479 e. The molecule has 0 fully saturated rings. The van der Waals surface area contributed by atoms with Crippen LogP contribution in [0.4, 0.5) is 17.6 Å². The van der Waals surface area contributed by atoms with Crippen LogP contribution in [0.5, 0.6) is 17.2 Å². The number of halogens is 5. The standard InChI is InChI=1S/C20H16ClF4N3O5/c1-9(18(29)31-3)32-11-4-5-16(14(23)6-11)33-17-8-15(13(22)7-12(17)21)28-20(30)27(19(24)25)10(2)26-28/h4-9,19H,1-3H3. The molecule has 1 unspecified atom stereocenters. The lowest BCUT2D eigenvalue weighted by Crippen LogP contribution is -2.25. The Kier molecular flexibility index (Phi) is 6.96. The average Bonchev–Trinajstić information content (AvgIpc) is 3.04. The largest absolute Gasteiger partial charge is 0.479 e. The van der Waals surface area contributed by atoms with Gasteiger partial charge in [0.15, 0.2) is 23.5 Å². The van der Waals surface area contributed by atoms with E-state index in [0.717, 1.165) is 31.2 Å². The molecule has 0 N–H and O–H groups in total. The smallest absolute Gasteiger partial charge is 0.355 e. The van der Waals surface area contributed by atoms with Crippen molar-refractivity contribution in [2.24, 2.45) is 0 Å². The van der Waals surface area contributed by atoms with Gasteiger partial charge < -0.3 is 14.2 Å². The van der Waals surface area contributed by atoms with E-state index in [4.69, 9.17) is 21.1 Å². The van der Waals surface area contributed by atoms with Crippen molar-refractivity contribution in [1.29, 1.82) is 0 Å². The van der Waals surface area contributed by atoms with Crippen molar-refractivity contribution < 1.29 is 36.6 Å². The van der Waals surface area contributed by atoms with Gasteiger partial charge in [0.25, 0.3) is 0 Å². The molecule has 0 radical (unpaired) electrons. The molecule has 0 aliphatic carbocycles. The fourth-order valence-electron chi connectivity index (χ4n) is 2.79. The lowest BCUT2D eigenvalue weighted by Gasteiger charge is -2.14. The number of benzene rings is 2. The van der Waals surface area contributed by atoms with Crippen molar-refractivity contribution in [2.45, 2.75) is 26.5 Å². The Labute approximate surface area is 188 Å². The van der Waals surface area contributed by atoms with Gasteiger partial charge in [0.05, 0.1) is 12.1 Å². The number of alkyl halides is 2. The lowest BCUT2D eigenvalue weighted by atomic mass is 10.2. The summed E-state index contributed by atoms with van der Waals surface area (Å²) in [4.78, 5) is 23.6. The zero-order valence-electron chi connectivity index (χ0n) is 17.3. The topological polar surface area (TPSA) is 84.6 Å². The number of aromatic nitrogens is 3.